The Morgan fingerprint density at radius 2 is 1.62 bits per heavy atom. The Balaban J connectivity index is 1.51. The highest BCUT2D eigenvalue weighted by molar-refractivity contribution is 6.30. The van der Waals surface area contributed by atoms with Crippen LogP contribution in [0.2, 0.25) is 5.02 Å². The molecule has 0 bridgehead atoms. The summed E-state index contributed by atoms with van der Waals surface area (Å²) in [5, 5.41) is 6.50. The van der Waals surface area contributed by atoms with Gasteiger partial charge in [0.1, 0.15) is 0 Å². The number of piperidine rings is 1. The first-order chi connectivity index (χ1) is 16.4. The second-order valence-corrected chi connectivity index (χ2v) is 9.25. The van der Waals surface area contributed by atoms with Gasteiger partial charge in [0.15, 0.2) is 0 Å². The normalized spacial score (nSPS) is 17.7. The minimum Gasteiger partial charge on any atom is -0.378 e. The quantitative estimate of drug-likeness (QED) is 0.497. The molecule has 0 saturated carbocycles. The fraction of sp³-hybridized carbons (Fsp3) is 0.259. The molecule has 2 atom stereocenters. The number of hydrogen-bond acceptors (Lipinski definition) is 3. The molecular weight excluding hydrogens is 448 g/mol. The summed E-state index contributed by atoms with van der Waals surface area (Å²) in [6.07, 6.45) is 0.673. The van der Waals surface area contributed by atoms with Crippen molar-refractivity contribution < 1.29 is 9.59 Å². The lowest BCUT2D eigenvalue weighted by Gasteiger charge is -2.37. The second kappa shape index (κ2) is 10.6. The minimum atomic E-state index is -0.336. The van der Waals surface area contributed by atoms with Crippen LogP contribution >= 0.6 is 11.6 Å². The third-order valence-electron chi connectivity index (χ3n) is 6.11. The Labute approximate surface area is 205 Å². The first-order valence-corrected chi connectivity index (χ1v) is 11.7. The molecule has 3 amide bonds. The summed E-state index contributed by atoms with van der Waals surface area (Å²) in [5.74, 6) is -0.358. The molecule has 7 heteroatoms. The molecule has 176 valence electrons. The summed E-state index contributed by atoms with van der Waals surface area (Å²) < 4.78 is 0. The predicted molar refractivity (Wildman–Crippen MR) is 139 cm³/mol. The first kappa shape index (κ1) is 23.6. The molecule has 34 heavy (non-hydrogen) atoms. The van der Waals surface area contributed by atoms with Crippen LogP contribution in [0, 0.1) is 5.92 Å². The van der Waals surface area contributed by atoms with Crippen LogP contribution in [-0.4, -0.2) is 44.0 Å². The van der Waals surface area contributed by atoms with E-state index in [0.717, 1.165) is 16.9 Å². The van der Waals surface area contributed by atoms with E-state index in [0.29, 0.717) is 30.2 Å². The van der Waals surface area contributed by atoms with Crippen LogP contribution < -0.4 is 15.5 Å². The van der Waals surface area contributed by atoms with Crippen molar-refractivity contribution in [3.63, 3.8) is 0 Å². The average Bonchev–Trinajstić information content (AvgIpc) is 2.84. The van der Waals surface area contributed by atoms with Gasteiger partial charge in [-0.15, -0.1) is 0 Å². The highest BCUT2D eigenvalue weighted by atomic mass is 35.5. The van der Waals surface area contributed by atoms with E-state index in [9.17, 15) is 9.59 Å². The van der Waals surface area contributed by atoms with E-state index < -0.39 is 0 Å². The van der Waals surface area contributed by atoms with Crippen molar-refractivity contribution >= 4 is 40.6 Å². The summed E-state index contributed by atoms with van der Waals surface area (Å²) in [6.45, 7) is 0.884. The number of nitrogens with one attached hydrogen (secondary N) is 2. The molecule has 4 rings (SSSR count). The monoisotopic (exact) mass is 476 g/mol. The lowest BCUT2D eigenvalue weighted by atomic mass is 9.84. The standard InChI is InChI=1S/C27H29ClN4O2/c1-31(2)25-13-11-23(12-14-25)29-26(33)21-15-20(19-7-4-3-5-8-19)17-32(18-21)27(34)30-24-10-6-9-22(28)16-24/h3-14,16,20-21H,15,17-18H2,1-2H3,(H,29,33)(H,30,34). The zero-order valence-corrected chi connectivity index (χ0v) is 20.1. The average molecular weight is 477 g/mol. The number of rotatable bonds is 5. The first-order valence-electron chi connectivity index (χ1n) is 11.3. The van der Waals surface area contributed by atoms with Gasteiger partial charge in [-0.05, 0) is 54.4 Å². The Morgan fingerprint density at radius 3 is 2.29 bits per heavy atom. The van der Waals surface area contributed by atoms with Gasteiger partial charge >= 0.3 is 6.03 Å². The molecular formula is C27H29ClN4O2. The lowest BCUT2D eigenvalue weighted by Crippen LogP contribution is -2.48. The molecule has 1 heterocycles. The minimum absolute atomic E-state index is 0.0620. The number of likely N-dealkylation sites (tertiary alicyclic amines) is 1. The third kappa shape index (κ3) is 5.88. The van der Waals surface area contributed by atoms with Crippen molar-refractivity contribution in [2.24, 2.45) is 5.92 Å². The topological polar surface area (TPSA) is 64.7 Å². The van der Waals surface area contributed by atoms with E-state index in [-0.39, 0.29) is 23.8 Å². The van der Waals surface area contributed by atoms with Crippen molar-refractivity contribution in [1.29, 1.82) is 0 Å². The van der Waals surface area contributed by atoms with Gasteiger partial charge in [0, 0.05) is 55.2 Å². The molecule has 0 aromatic heterocycles. The van der Waals surface area contributed by atoms with Gasteiger partial charge in [0.2, 0.25) is 5.91 Å². The molecule has 1 aliphatic heterocycles. The van der Waals surface area contributed by atoms with Crippen LogP contribution in [0.5, 0.6) is 0 Å². The molecule has 6 nitrogen and oxygen atoms in total. The van der Waals surface area contributed by atoms with Gasteiger partial charge in [-0.2, -0.15) is 0 Å². The van der Waals surface area contributed by atoms with E-state index in [2.05, 4.69) is 22.8 Å². The zero-order valence-electron chi connectivity index (χ0n) is 19.4. The van der Waals surface area contributed by atoms with Crippen molar-refractivity contribution in [3.8, 4) is 0 Å². The summed E-state index contributed by atoms with van der Waals surface area (Å²) in [4.78, 5) is 30.1. The number of hydrogen-bond donors (Lipinski definition) is 2. The number of nitrogens with zero attached hydrogens (tertiary/aromatic N) is 2. The largest absolute Gasteiger partial charge is 0.378 e. The maximum absolute atomic E-state index is 13.2. The van der Waals surface area contributed by atoms with Gasteiger partial charge in [0.25, 0.3) is 0 Å². The Bertz CT molecular complexity index is 1130. The van der Waals surface area contributed by atoms with Crippen LogP contribution in [0.3, 0.4) is 0 Å². The maximum Gasteiger partial charge on any atom is 0.321 e. The molecule has 1 aliphatic rings. The van der Waals surface area contributed by atoms with Crippen LogP contribution in [0.15, 0.2) is 78.9 Å². The van der Waals surface area contributed by atoms with E-state index in [1.165, 1.54) is 0 Å². The molecule has 1 fully saturated rings. The fourth-order valence-electron chi connectivity index (χ4n) is 4.28. The van der Waals surface area contributed by atoms with Crippen LogP contribution in [0.4, 0.5) is 21.9 Å². The predicted octanol–water partition coefficient (Wildman–Crippen LogP) is 5.68. The zero-order chi connectivity index (χ0) is 24.1. The van der Waals surface area contributed by atoms with Gasteiger partial charge < -0.3 is 20.4 Å². The van der Waals surface area contributed by atoms with Crippen LogP contribution in [0.25, 0.3) is 0 Å². The molecule has 0 aliphatic carbocycles. The number of carbonyl (C=O) groups excluding carboxylic acids is 2. The highest BCUT2D eigenvalue weighted by Gasteiger charge is 2.34. The van der Waals surface area contributed by atoms with Gasteiger partial charge in [-0.1, -0.05) is 48.0 Å². The smallest absolute Gasteiger partial charge is 0.321 e. The number of halogens is 1. The second-order valence-electron chi connectivity index (χ2n) is 8.82. The van der Waals surface area contributed by atoms with Gasteiger partial charge in [-0.3, -0.25) is 4.79 Å². The summed E-state index contributed by atoms with van der Waals surface area (Å²) in [6, 6.07) is 24.6. The van der Waals surface area contributed by atoms with Crippen molar-refractivity contribution in [1.82, 2.24) is 4.90 Å². The van der Waals surface area contributed by atoms with Gasteiger partial charge in [0.05, 0.1) is 5.92 Å². The van der Waals surface area contributed by atoms with E-state index in [1.54, 1.807) is 29.2 Å². The molecule has 0 radical (unpaired) electrons. The SMILES string of the molecule is CN(C)c1ccc(NC(=O)C2CC(c3ccccc3)CN(C(=O)Nc3cccc(Cl)c3)C2)cc1. The number of amides is 3. The van der Waals surface area contributed by atoms with Crippen LogP contribution in [-0.2, 0) is 4.79 Å². The molecule has 3 aromatic rings. The number of anilines is 3. The Kier molecular flexibility index (Phi) is 7.38. The molecule has 2 unspecified atom stereocenters. The Morgan fingerprint density at radius 1 is 0.882 bits per heavy atom. The lowest BCUT2D eigenvalue weighted by molar-refractivity contribution is -0.121. The molecule has 3 aromatic carbocycles. The number of carbonyl (C=O) groups is 2. The summed E-state index contributed by atoms with van der Waals surface area (Å²) >= 11 is 6.07. The van der Waals surface area contributed by atoms with Crippen molar-refractivity contribution in [3.05, 3.63) is 89.4 Å². The molecule has 2 N–H and O–H groups in total. The third-order valence-corrected chi connectivity index (χ3v) is 6.34. The summed E-state index contributed by atoms with van der Waals surface area (Å²) in [5.41, 5.74) is 3.55. The van der Waals surface area contributed by atoms with Crippen molar-refractivity contribution in [2.75, 3.05) is 42.7 Å². The number of benzene rings is 3. The summed E-state index contributed by atoms with van der Waals surface area (Å²) in [7, 11) is 3.95. The van der Waals surface area contributed by atoms with E-state index in [4.69, 9.17) is 11.6 Å². The maximum atomic E-state index is 13.2. The number of urea groups is 1. The molecule has 1 saturated heterocycles. The fourth-order valence-corrected chi connectivity index (χ4v) is 4.47. The van der Waals surface area contributed by atoms with Gasteiger partial charge in [-0.25, -0.2) is 4.79 Å². The van der Waals surface area contributed by atoms with Crippen molar-refractivity contribution in [2.45, 2.75) is 12.3 Å². The highest BCUT2D eigenvalue weighted by Crippen LogP contribution is 2.32. The van der Waals surface area contributed by atoms with Crippen LogP contribution in [0.1, 0.15) is 17.9 Å². The van der Waals surface area contributed by atoms with E-state index >= 15 is 0 Å². The molecule has 0 spiro atoms. The van der Waals surface area contributed by atoms with E-state index in [1.807, 2.05) is 61.5 Å². The Hall–Kier alpha value is -3.51.